The molecular formula is C20H15F2N3O. The van der Waals surface area contributed by atoms with E-state index in [2.05, 4.69) is 10.3 Å². The Morgan fingerprint density at radius 2 is 1.85 bits per heavy atom. The Morgan fingerprint density at radius 1 is 1.08 bits per heavy atom. The second kappa shape index (κ2) is 6.22. The van der Waals surface area contributed by atoms with Crippen LogP contribution in [-0.2, 0) is 0 Å². The Bertz CT molecular complexity index is 989. The van der Waals surface area contributed by atoms with Crippen LogP contribution in [0.5, 0.6) is 0 Å². The third-order valence-corrected chi connectivity index (χ3v) is 4.34. The third-order valence-electron chi connectivity index (χ3n) is 4.34. The average Bonchev–Trinajstić information content (AvgIpc) is 2.92. The zero-order valence-electron chi connectivity index (χ0n) is 13.9. The van der Waals surface area contributed by atoms with Crippen molar-refractivity contribution in [1.29, 1.82) is 0 Å². The second-order valence-electron chi connectivity index (χ2n) is 6.12. The molecule has 0 bridgehead atoms. The van der Waals surface area contributed by atoms with Crippen molar-refractivity contribution in [3.63, 3.8) is 0 Å². The number of halogens is 2. The van der Waals surface area contributed by atoms with Gasteiger partial charge in [-0.25, -0.2) is 8.78 Å². The van der Waals surface area contributed by atoms with Gasteiger partial charge in [-0.3, -0.25) is 14.7 Å². The number of rotatable bonds is 3. The first kappa shape index (κ1) is 16.2. The second-order valence-corrected chi connectivity index (χ2v) is 6.12. The molecule has 26 heavy (non-hydrogen) atoms. The third kappa shape index (κ3) is 2.69. The minimum Gasteiger partial charge on any atom is -0.357 e. The predicted octanol–water partition coefficient (Wildman–Crippen LogP) is 4.44. The molecule has 0 spiro atoms. The predicted molar refractivity (Wildman–Crippen MR) is 94.9 cm³/mol. The Kier molecular flexibility index (Phi) is 3.88. The van der Waals surface area contributed by atoms with Gasteiger partial charge in [0.15, 0.2) is 6.17 Å². The van der Waals surface area contributed by atoms with Crippen LogP contribution in [-0.4, -0.2) is 10.9 Å². The van der Waals surface area contributed by atoms with E-state index < -0.39 is 17.8 Å². The standard InChI is InChI=1S/C20H15F2N3O/c1-12-4-7-14(8-5-12)25-19(18-15(20(25)26)3-2-10-23-18)24-17-11-13(21)6-9-16(17)22/h2-11,19,24H,1H3/t19-/m0/s1. The zero-order chi connectivity index (χ0) is 18.3. The molecule has 1 amide bonds. The number of hydrogen-bond acceptors (Lipinski definition) is 3. The molecular weight excluding hydrogens is 336 g/mol. The Hall–Kier alpha value is -3.28. The van der Waals surface area contributed by atoms with Gasteiger partial charge in [-0.15, -0.1) is 0 Å². The molecule has 4 rings (SSSR count). The van der Waals surface area contributed by atoms with Gasteiger partial charge in [0.25, 0.3) is 5.91 Å². The minimum atomic E-state index is -0.738. The molecule has 1 N–H and O–H groups in total. The van der Waals surface area contributed by atoms with E-state index in [-0.39, 0.29) is 11.6 Å². The van der Waals surface area contributed by atoms with Crippen molar-refractivity contribution in [3.8, 4) is 0 Å². The van der Waals surface area contributed by atoms with Crippen molar-refractivity contribution >= 4 is 17.3 Å². The largest absolute Gasteiger partial charge is 0.357 e. The van der Waals surface area contributed by atoms with Gasteiger partial charge in [0.1, 0.15) is 11.6 Å². The number of aryl methyl sites for hydroxylation is 1. The highest BCUT2D eigenvalue weighted by Crippen LogP contribution is 2.37. The number of pyridine rings is 1. The van der Waals surface area contributed by atoms with Gasteiger partial charge in [-0.05, 0) is 43.3 Å². The highest BCUT2D eigenvalue weighted by Gasteiger charge is 2.39. The summed E-state index contributed by atoms with van der Waals surface area (Å²) in [7, 11) is 0. The van der Waals surface area contributed by atoms with Gasteiger partial charge in [0.2, 0.25) is 0 Å². The number of nitrogens with one attached hydrogen (secondary N) is 1. The van der Waals surface area contributed by atoms with Crippen molar-refractivity contribution < 1.29 is 13.6 Å². The monoisotopic (exact) mass is 351 g/mol. The van der Waals surface area contributed by atoms with Gasteiger partial charge >= 0.3 is 0 Å². The highest BCUT2D eigenvalue weighted by molar-refractivity contribution is 6.11. The van der Waals surface area contributed by atoms with Crippen LogP contribution in [0.2, 0.25) is 0 Å². The van der Waals surface area contributed by atoms with E-state index >= 15 is 0 Å². The molecule has 0 saturated heterocycles. The van der Waals surface area contributed by atoms with E-state index in [1.54, 1.807) is 18.3 Å². The quantitative estimate of drug-likeness (QED) is 0.759. The number of amides is 1. The molecule has 0 unspecified atom stereocenters. The summed E-state index contributed by atoms with van der Waals surface area (Å²) in [4.78, 5) is 18.7. The maximum Gasteiger partial charge on any atom is 0.262 e. The molecule has 0 saturated carbocycles. The zero-order valence-corrected chi connectivity index (χ0v) is 13.9. The first-order chi connectivity index (χ1) is 12.5. The topological polar surface area (TPSA) is 45.2 Å². The van der Waals surface area contributed by atoms with E-state index in [1.165, 1.54) is 4.90 Å². The first-order valence-electron chi connectivity index (χ1n) is 8.11. The van der Waals surface area contributed by atoms with Crippen LogP contribution in [0.15, 0.2) is 60.8 Å². The summed E-state index contributed by atoms with van der Waals surface area (Å²) in [6, 6.07) is 13.9. The Balaban J connectivity index is 1.80. The Morgan fingerprint density at radius 3 is 2.62 bits per heavy atom. The van der Waals surface area contributed by atoms with Crippen LogP contribution in [0, 0.1) is 18.6 Å². The van der Waals surface area contributed by atoms with E-state index in [4.69, 9.17) is 0 Å². The SMILES string of the molecule is Cc1ccc(N2C(=O)c3cccnc3[C@H]2Nc2cc(F)ccc2F)cc1. The summed E-state index contributed by atoms with van der Waals surface area (Å²) >= 11 is 0. The van der Waals surface area contributed by atoms with Crippen LogP contribution in [0.3, 0.4) is 0 Å². The van der Waals surface area contributed by atoms with E-state index in [1.807, 2.05) is 31.2 Å². The summed E-state index contributed by atoms with van der Waals surface area (Å²) < 4.78 is 27.7. The molecule has 4 nitrogen and oxygen atoms in total. The molecule has 1 atom stereocenters. The Labute approximate surface area is 149 Å². The number of nitrogens with zero attached hydrogens (tertiary/aromatic N) is 2. The van der Waals surface area contributed by atoms with Gasteiger partial charge in [-0.2, -0.15) is 0 Å². The lowest BCUT2D eigenvalue weighted by Gasteiger charge is -2.26. The van der Waals surface area contributed by atoms with Gasteiger partial charge in [0.05, 0.1) is 16.9 Å². The molecule has 130 valence electrons. The number of aromatic nitrogens is 1. The molecule has 1 aromatic heterocycles. The fourth-order valence-electron chi connectivity index (χ4n) is 3.05. The fourth-order valence-corrected chi connectivity index (χ4v) is 3.05. The first-order valence-corrected chi connectivity index (χ1v) is 8.11. The van der Waals surface area contributed by atoms with Crippen molar-refractivity contribution in [3.05, 3.63) is 89.2 Å². The number of carbonyl (C=O) groups is 1. The molecule has 1 aliphatic rings. The number of anilines is 2. The molecule has 1 aliphatic heterocycles. The van der Waals surface area contributed by atoms with Crippen LogP contribution >= 0.6 is 0 Å². The van der Waals surface area contributed by atoms with E-state index in [0.717, 1.165) is 23.8 Å². The van der Waals surface area contributed by atoms with Crippen LogP contribution in [0.25, 0.3) is 0 Å². The summed E-state index contributed by atoms with van der Waals surface area (Å²) in [6.45, 7) is 1.95. The summed E-state index contributed by atoms with van der Waals surface area (Å²) in [5.74, 6) is -1.42. The van der Waals surface area contributed by atoms with Gasteiger partial charge in [0, 0.05) is 18.0 Å². The maximum absolute atomic E-state index is 14.1. The maximum atomic E-state index is 14.1. The normalized spacial score (nSPS) is 15.9. The van der Waals surface area contributed by atoms with Crippen LogP contribution in [0.1, 0.15) is 27.8 Å². The molecule has 6 heteroatoms. The molecule has 2 aromatic carbocycles. The van der Waals surface area contributed by atoms with E-state index in [9.17, 15) is 13.6 Å². The van der Waals surface area contributed by atoms with Crippen molar-refractivity contribution in [2.24, 2.45) is 0 Å². The highest BCUT2D eigenvalue weighted by atomic mass is 19.1. The molecule has 0 radical (unpaired) electrons. The van der Waals surface area contributed by atoms with Crippen molar-refractivity contribution in [2.45, 2.75) is 13.1 Å². The number of hydrogen-bond donors (Lipinski definition) is 1. The molecule has 0 fully saturated rings. The number of benzene rings is 2. The number of carbonyl (C=O) groups excluding carboxylic acids is 1. The average molecular weight is 351 g/mol. The summed E-state index contributed by atoms with van der Waals surface area (Å²) in [5, 5.41) is 2.93. The molecule has 0 aliphatic carbocycles. The van der Waals surface area contributed by atoms with Crippen molar-refractivity contribution in [1.82, 2.24) is 4.98 Å². The fraction of sp³-hybridized carbons (Fsp3) is 0.100. The summed E-state index contributed by atoms with van der Waals surface area (Å²) in [6.07, 6.45) is 0.833. The minimum absolute atomic E-state index is 0.0292. The summed E-state index contributed by atoms with van der Waals surface area (Å²) in [5.41, 5.74) is 2.58. The van der Waals surface area contributed by atoms with Crippen LogP contribution < -0.4 is 10.2 Å². The van der Waals surface area contributed by atoms with E-state index in [0.29, 0.717) is 16.9 Å². The lowest BCUT2D eigenvalue weighted by Crippen LogP contribution is -2.32. The van der Waals surface area contributed by atoms with Gasteiger partial charge in [-0.1, -0.05) is 17.7 Å². The van der Waals surface area contributed by atoms with Crippen LogP contribution in [0.4, 0.5) is 20.2 Å². The smallest absolute Gasteiger partial charge is 0.262 e. The lowest BCUT2D eigenvalue weighted by atomic mass is 10.2. The van der Waals surface area contributed by atoms with Gasteiger partial charge < -0.3 is 5.32 Å². The lowest BCUT2D eigenvalue weighted by molar-refractivity contribution is 0.0993. The molecule has 2 heterocycles. The van der Waals surface area contributed by atoms with Crippen molar-refractivity contribution in [2.75, 3.05) is 10.2 Å². The molecule has 3 aromatic rings. The number of fused-ring (bicyclic) bond motifs is 1.